The number of halogens is 2. The zero-order chi connectivity index (χ0) is 12.5. The Kier molecular flexibility index (Phi) is 4.16. The van der Waals surface area contributed by atoms with Gasteiger partial charge in [-0.05, 0) is 52.7 Å². The molecule has 1 aliphatic carbocycles. The van der Waals surface area contributed by atoms with Gasteiger partial charge < -0.3 is 5.73 Å². The van der Waals surface area contributed by atoms with Gasteiger partial charge in [0, 0.05) is 16.4 Å². The minimum absolute atomic E-state index is 0.000296. The number of hydrogen-bond acceptors (Lipinski definition) is 2. The molecule has 0 saturated heterocycles. The van der Waals surface area contributed by atoms with Crippen LogP contribution in [-0.2, 0) is 5.41 Å². The fourth-order valence-electron chi connectivity index (χ4n) is 2.72. The Labute approximate surface area is 114 Å². The lowest BCUT2D eigenvalue weighted by atomic mass is 9.79. The van der Waals surface area contributed by atoms with Gasteiger partial charge in [0.1, 0.15) is 5.82 Å². The van der Waals surface area contributed by atoms with Gasteiger partial charge in [0.25, 0.3) is 0 Å². The van der Waals surface area contributed by atoms with Crippen LogP contribution in [-0.4, -0.2) is 12.8 Å². The van der Waals surface area contributed by atoms with E-state index in [2.05, 4.69) is 15.9 Å². The maximum Gasteiger partial charge on any atom is 0.138 e. The van der Waals surface area contributed by atoms with Crippen molar-refractivity contribution in [2.24, 2.45) is 5.73 Å². The van der Waals surface area contributed by atoms with E-state index in [0.717, 1.165) is 22.9 Å². The number of benzene rings is 1. The van der Waals surface area contributed by atoms with Crippen molar-refractivity contribution in [3.05, 3.63) is 28.0 Å². The molecule has 0 spiro atoms. The van der Waals surface area contributed by atoms with Crippen LogP contribution in [0.3, 0.4) is 0 Å². The smallest absolute Gasteiger partial charge is 0.138 e. The van der Waals surface area contributed by atoms with Gasteiger partial charge >= 0.3 is 0 Å². The van der Waals surface area contributed by atoms with Crippen LogP contribution in [0.25, 0.3) is 0 Å². The molecule has 1 aromatic carbocycles. The Morgan fingerprint density at radius 1 is 1.41 bits per heavy atom. The summed E-state index contributed by atoms with van der Waals surface area (Å²) < 4.78 is 14.8. The van der Waals surface area contributed by atoms with Crippen molar-refractivity contribution in [3.63, 3.8) is 0 Å². The zero-order valence-corrected chi connectivity index (χ0v) is 12.3. The molecule has 4 heteroatoms. The summed E-state index contributed by atoms with van der Waals surface area (Å²) in [6.07, 6.45) is 6.43. The number of hydrogen-bond donors (Lipinski definition) is 1. The van der Waals surface area contributed by atoms with Gasteiger partial charge in [0.05, 0.1) is 4.90 Å². The average Bonchev–Trinajstić information content (AvgIpc) is 2.78. The van der Waals surface area contributed by atoms with Crippen LogP contribution in [0.15, 0.2) is 21.5 Å². The van der Waals surface area contributed by atoms with Gasteiger partial charge in [-0.15, -0.1) is 11.8 Å². The van der Waals surface area contributed by atoms with Crippen LogP contribution in [0.5, 0.6) is 0 Å². The maximum absolute atomic E-state index is 14.0. The van der Waals surface area contributed by atoms with Gasteiger partial charge in [0.15, 0.2) is 0 Å². The molecule has 0 bridgehead atoms. The first-order chi connectivity index (χ1) is 8.13. The fourth-order valence-corrected chi connectivity index (χ4v) is 4.15. The standard InChI is InChI=1S/C13H17BrFNS/c1-17-12-10(14)6-9(7-11(12)15)13(8-16)4-2-3-5-13/h6-7H,2-5,8,16H2,1H3. The Morgan fingerprint density at radius 2 is 2.06 bits per heavy atom. The third-order valence-electron chi connectivity index (χ3n) is 3.77. The second kappa shape index (κ2) is 5.29. The molecule has 2 N–H and O–H groups in total. The zero-order valence-electron chi connectivity index (χ0n) is 9.93. The molecule has 17 heavy (non-hydrogen) atoms. The maximum atomic E-state index is 14.0. The third-order valence-corrected chi connectivity index (χ3v) is 5.48. The molecule has 0 atom stereocenters. The van der Waals surface area contributed by atoms with Crippen molar-refractivity contribution in [1.82, 2.24) is 0 Å². The van der Waals surface area contributed by atoms with E-state index in [-0.39, 0.29) is 11.2 Å². The van der Waals surface area contributed by atoms with E-state index in [4.69, 9.17) is 5.73 Å². The highest BCUT2D eigenvalue weighted by molar-refractivity contribution is 9.10. The Bertz CT molecular complexity index is 393. The van der Waals surface area contributed by atoms with Crippen LogP contribution >= 0.6 is 27.7 Å². The van der Waals surface area contributed by atoms with Gasteiger partial charge in [-0.1, -0.05) is 12.8 Å². The van der Waals surface area contributed by atoms with Crippen LogP contribution in [0.2, 0.25) is 0 Å². The molecule has 1 aliphatic rings. The number of rotatable bonds is 3. The number of nitrogens with two attached hydrogens (primary N) is 1. The second-order valence-corrected chi connectivity index (χ2v) is 6.34. The molecule has 1 aromatic rings. The highest BCUT2D eigenvalue weighted by Crippen LogP contribution is 2.42. The summed E-state index contributed by atoms with van der Waals surface area (Å²) in [5, 5.41) is 0. The molecular weight excluding hydrogens is 301 g/mol. The molecule has 0 aliphatic heterocycles. The van der Waals surface area contributed by atoms with Crippen molar-refractivity contribution in [2.45, 2.75) is 36.0 Å². The van der Waals surface area contributed by atoms with Crippen molar-refractivity contribution >= 4 is 27.7 Å². The highest BCUT2D eigenvalue weighted by Gasteiger charge is 2.35. The van der Waals surface area contributed by atoms with E-state index in [1.165, 1.54) is 24.6 Å². The van der Waals surface area contributed by atoms with Crippen LogP contribution in [0, 0.1) is 5.82 Å². The molecule has 0 amide bonds. The minimum Gasteiger partial charge on any atom is -0.330 e. The first-order valence-electron chi connectivity index (χ1n) is 5.86. The predicted molar refractivity (Wildman–Crippen MR) is 75.1 cm³/mol. The van der Waals surface area contributed by atoms with E-state index < -0.39 is 0 Å². The molecule has 1 nitrogen and oxygen atoms in total. The molecular formula is C13H17BrFNS. The highest BCUT2D eigenvalue weighted by atomic mass is 79.9. The Morgan fingerprint density at radius 3 is 2.53 bits per heavy atom. The lowest BCUT2D eigenvalue weighted by molar-refractivity contribution is 0.448. The first kappa shape index (κ1) is 13.4. The van der Waals surface area contributed by atoms with Crippen molar-refractivity contribution < 1.29 is 4.39 Å². The van der Waals surface area contributed by atoms with Gasteiger partial charge in [0.2, 0.25) is 0 Å². The third kappa shape index (κ3) is 2.40. The molecule has 0 unspecified atom stereocenters. The van der Waals surface area contributed by atoms with Gasteiger partial charge in [-0.2, -0.15) is 0 Å². The molecule has 94 valence electrons. The van der Waals surface area contributed by atoms with E-state index in [1.54, 1.807) is 6.07 Å². The summed E-state index contributed by atoms with van der Waals surface area (Å²) in [5.41, 5.74) is 6.98. The summed E-state index contributed by atoms with van der Waals surface area (Å²) in [4.78, 5) is 0.680. The molecule has 1 saturated carbocycles. The topological polar surface area (TPSA) is 26.0 Å². The molecule has 0 aromatic heterocycles. The second-order valence-electron chi connectivity index (χ2n) is 4.66. The fraction of sp³-hybridized carbons (Fsp3) is 0.538. The van der Waals surface area contributed by atoms with Crippen LogP contribution in [0.1, 0.15) is 31.2 Å². The van der Waals surface area contributed by atoms with Gasteiger partial charge in [-0.25, -0.2) is 4.39 Å². The molecule has 2 rings (SSSR count). The van der Waals surface area contributed by atoms with E-state index in [1.807, 2.05) is 12.3 Å². The van der Waals surface area contributed by atoms with E-state index >= 15 is 0 Å². The molecule has 1 fully saturated rings. The molecule has 0 heterocycles. The summed E-state index contributed by atoms with van der Waals surface area (Å²) >= 11 is 4.88. The van der Waals surface area contributed by atoms with Crippen molar-refractivity contribution in [2.75, 3.05) is 12.8 Å². The minimum atomic E-state index is -0.137. The summed E-state index contributed by atoms with van der Waals surface area (Å²) in [6, 6.07) is 3.72. The van der Waals surface area contributed by atoms with Crippen LogP contribution < -0.4 is 5.73 Å². The SMILES string of the molecule is CSc1c(F)cc(C2(CN)CCCC2)cc1Br. The normalized spacial score (nSPS) is 18.6. The largest absolute Gasteiger partial charge is 0.330 e. The average molecular weight is 318 g/mol. The van der Waals surface area contributed by atoms with Crippen molar-refractivity contribution in [1.29, 1.82) is 0 Å². The first-order valence-corrected chi connectivity index (χ1v) is 7.88. The van der Waals surface area contributed by atoms with E-state index in [9.17, 15) is 4.39 Å². The lowest BCUT2D eigenvalue weighted by Gasteiger charge is -2.28. The quantitative estimate of drug-likeness (QED) is 0.850. The van der Waals surface area contributed by atoms with E-state index in [0.29, 0.717) is 11.4 Å². The number of thioether (sulfide) groups is 1. The van der Waals surface area contributed by atoms with Crippen molar-refractivity contribution in [3.8, 4) is 0 Å². The summed E-state index contributed by atoms with van der Waals surface area (Å²) in [6.45, 7) is 0.609. The summed E-state index contributed by atoms with van der Waals surface area (Å²) in [7, 11) is 0. The Hall–Kier alpha value is -0.0600. The monoisotopic (exact) mass is 317 g/mol. The van der Waals surface area contributed by atoms with Crippen LogP contribution in [0.4, 0.5) is 4.39 Å². The predicted octanol–water partition coefficient (Wildman–Crippen LogP) is 4.08. The Balaban J connectivity index is 2.45. The summed E-state index contributed by atoms with van der Waals surface area (Å²) in [5.74, 6) is -0.137. The lowest BCUT2D eigenvalue weighted by Crippen LogP contribution is -2.32. The molecule has 0 radical (unpaired) electrons. The van der Waals surface area contributed by atoms with Gasteiger partial charge in [-0.3, -0.25) is 0 Å².